The van der Waals surface area contributed by atoms with E-state index in [1.807, 2.05) is 0 Å². The Morgan fingerprint density at radius 2 is 1.63 bits per heavy atom. The average molecular weight is 416 g/mol. The molecule has 0 aromatic heterocycles. The van der Waals surface area contributed by atoms with Crippen LogP contribution in [0, 0.1) is 11.6 Å². The van der Waals surface area contributed by atoms with Crippen LogP contribution in [0.2, 0.25) is 0 Å². The second-order valence-corrected chi connectivity index (χ2v) is 9.96. The lowest BCUT2D eigenvalue weighted by molar-refractivity contribution is 0.140. The fraction of sp³-hybridized carbons (Fsp3) is 0.538. The predicted molar refractivity (Wildman–Crippen MR) is 118 cm³/mol. The number of halogens is 2. The zero-order chi connectivity index (χ0) is 21.9. The van der Waals surface area contributed by atoms with Crippen LogP contribution in [0.25, 0.3) is 0 Å². The predicted octanol–water partition coefficient (Wildman–Crippen LogP) is 6.52. The lowest BCUT2D eigenvalue weighted by Gasteiger charge is -2.43. The van der Waals surface area contributed by atoms with Gasteiger partial charge in [0.15, 0.2) is 0 Å². The highest BCUT2D eigenvalue weighted by atomic mass is 19.1. The Morgan fingerprint density at radius 1 is 1.00 bits per heavy atom. The zero-order valence-electron chi connectivity index (χ0n) is 18.6. The number of rotatable bonds is 6. The van der Waals surface area contributed by atoms with Gasteiger partial charge in [0, 0.05) is 17.6 Å². The average Bonchev–Trinajstić information content (AvgIpc) is 2.66. The summed E-state index contributed by atoms with van der Waals surface area (Å²) in [6, 6.07) is 12.0. The molecule has 1 fully saturated rings. The summed E-state index contributed by atoms with van der Waals surface area (Å²) in [4.78, 5) is 0. The molecule has 0 radical (unpaired) electrons. The number of aliphatic hydroxyl groups excluding tert-OH is 1. The molecule has 0 heterocycles. The third-order valence-electron chi connectivity index (χ3n) is 6.30. The maximum atomic E-state index is 14.0. The Hall–Kier alpha value is -1.78. The molecule has 164 valence electrons. The molecule has 1 saturated carbocycles. The molecule has 2 atom stereocenters. The van der Waals surface area contributed by atoms with E-state index < -0.39 is 17.7 Å². The Kier molecular flexibility index (Phi) is 6.98. The van der Waals surface area contributed by atoms with Gasteiger partial charge in [0.25, 0.3) is 0 Å². The van der Waals surface area contributed by atoms with Crippen LogP contribution in [-0.2, 0) is 11.0 Å². The second kappa shape index (κ2) is 9.15. The van der Waals surface area contributed by atoms with Crippen molar-refractivity contribution in [3.8, 4) is 0 Å². The van der Waals surface area contributed by atoms with E-state index in [4.69, 9.17) is 0 Å². The highest BCUT2D eigenvalue weighted by Gasteiger charge is 2.37. The van der Waals surface area contributed by atoms with Crippen LogP contribution in [0.4, 0.5) is 8.78 Å². The fourth-order valence-electron chi connectivity index (χ4n) is 4.68. The van der Waals surface area contributed by atoms with E-state index in [0.717, 1.165) is 31.7 Å². The number of nitrogens with one attached hydrogen (secondary N) is 1. The van der Waals surface area contributed by atoms with Crippen molar-refractivity contribution >= 4 is 0 Å². The lowest BCUT2D eigenvalue weighted by Crippen LogP contribution is -2.46. The molecule has 2 nitrogen and oxygen atoms in total. The Balaban J connectivity index is 2.03. The molecule has 0 saturated heterocycles. The molecule has 2 aromatic rings. The zero-order valence-corrected chi connectivity index (χ0v) is 18.6. The molecule has 1 aliphatic carbocycles. The minimum absolute atomic E-state index is 0.0383. The van der Waals surface area contributed by atoms with E-state index in [1.54, 1.807) is 6.92 Å². The van der Waals surface area contributed by atoms with Crippen molar-refractivity contribution in [2.75, 3.05) is 0 Å². The summed E-state index contributed by atoms with van der Waals surface area (Å²) in [6.07, 6.45) is 5.14. The molecule has 30 heavy (non-hydrogen) atoms. The van der Waals surface area contributed by atoms with Crippen LogP contribution in [0.15, 0.2) is 42.5 Å². The number of hydrogen-bond donors (Lipinski definition) is 2. The van der Waals surface area contributed by atoms with Crippen LogP contribution in [-0.4, -0.2) is 11.2 Å². The standard InChI is InChI=1S/C26H35F2NO/c1-18(30)13-24(19-14-22(27)17-23(28)15-19)29-26(11-6-5-7-12-26)21-10-8-9-20(16-21)25(2,3)4/h8-10,14-18,24,29-30H,5-7,11-13H2,1-4H3. The maximum absolute atomic E-state index is 14.0. The number of aliphatic hydroxyl groups is 1. The molecule has 2 N–H and O–H groups in total. The van der Waals surface area contributed by atoms with Crippen molar-refractivity contribution in [2.24, 2.45) is 0 Å². The van der Waals surface area contributed by atoms with Crippen molar-refractivity contribution in [3.05, 3.63) is 70.8 Å². The third-order valence-corrected chi connectivity index (χ3v) is 6.30. The molecule has 0 amide bonds. The Bertz CT molecular complexity index is 830. The van der Waals surface area contributed by atoms with Gasteiger partial charge in [-0.25, -0.2) is 8.78 Å². The van der Waals surface area contributed by atoms with E-state index in [9.17, 15) is 13.9 Å². The molecule has 1 aliphatic rings. The van der Waals surface area contributed by atoms with E-state index in [2.05, 4.69) is 50.4 Å². The lowest BCUT2D eigenvalue weighted by atomic mass is 9.74. The van der Waals surface area contributed by atoms with Crippen molar-refractivity contribution in [3.63, 3.8) is 0 Å². The molecule has 2 aromatic carbocycles. The van der Waals surface area contributed by atoms with Gasteiger partial charge in [-0.05, 0) is 60.4 Å². The first-order chi connectivity index (χ1) is 14.1. The van der Waals surface area contributed by atoms with E-state index >= 15 is 0 Å². The monoisotopic (exact) mass is 415 g/mol. The van der Waals surface area contributed by atoms with Gasteiger partial charge < -0.3 is 10.4 Å². The largest absolute Gasteiger partial charge is 0.393 e. The molecule has 2 unspecified atom stereocenters. The van der Waals surface area contributed by atoms with Crippen LogP contribution >= 0.6 is 0 Å². The van der Waals surface area contributed by atoms with E-state index in [0.29, 0.717) is 12.0 Å². The molecular weight excluding hydrogens is 380 g/mol. The molecule has 3 rings (SSSR count). The van der Waals surface area contributed by atoms with Crippen molar-refractivity contribution in [1.29, 1.82) is 0 Å². The van der Waals surface area contributed by atoms with Gasteiger partial charge in [-0.3, -0.25) is 0 Å². The van der Waals surface area contributed by atoms with E-state index in [-0.39, 0.29) is 17.0 Å². The van der Waals surface area contributed by atoms with Gasteiger partial charge in [0.2, 0.25) is 0 Å². The van der Waals surface area contributed by atoms with Crippen molar-refractivity contribution in [1.82, 2.24) is 5.32 Å². The van der Waals surface area contributed by atoms with Crippen molar-refractivity contribution in [2.45, 2.75) is 89.3 Å². The van der Waals surface area contributed by atoms with Gasteiger partial charge in [-0.2, -0.15) is 0 Å². The van der Waals surface area contributed by atoms with Crippen molar-refractivity contribution < 1.29 is 13.9 Å². The third kappa shape index (κ3) is 5.47. The normalized spacial score (nSPS) is 18.8. The molecule has 0 aliphatic heterocycles. The van der Waals surface area contributed by atoms with Gasteiger partial charge in [-0.1, -0.05) is 64.3 Å². The summed E-state index contributed by atoms with van der Waals surface area (Å²) in [5, 5.41) is 13.9. The van der Waals surface area contributed by atoms with Crippen LogP contribution in [0.5, 0.6) is 0 Å². The maximum Gasteiger partial charge on any atom is 0.126 e. The second-order valence-electron chi connectivity index (χ2n) is 9.96. The smallest absolute Gasteiger partial charge is 0.126 e. The molecule has 0 bridgehead atoms. The summed E-state index contributed by atoms with van der Waals surface area (Å²) in [5.74, 6) is -1.18. The first-order valence-electron chi connectivity index (χ1n) is 11.1. The SMILES string of the molecule is CC(O)CC(NC1(c2cccc(C(C)(C)C)c2)CCCCC1)c1cc(F)cc(F)c1. The van der Waals surface area contributed by atoms with Gasteiger partial charge >= 0.3 is 0 Å². The minimum atomic E-state index is -0.588. The fourth-order valence-corrected chi connectivity index (χ4v) is 4.68. The summed E-state index contributed by atoms with van der Waals surface area (Å²) < 4.78 is 28.0. The summed E-state index contributed by atoms with van der Waals surface area (Å²) in [5.41, 5.74) is 2.81. The highest BCUT2D eigenvalue weighted by molar-refractivity contribution is 5.34. The van der Waals surface area contributed by atoms with E-state index in [1.165, 1.54) is 29.7 Å². The molecule has 0 spiro atoms. The van der Waals surface area contributed by atoms with Crippen LogP contribution in [0.1, 0.15) is 89.0 Å². The van der Waals surface area contributed by atoms with Crippen LogP contribution in [0.3, 0.4) is 0 Å². The van der Waals surface area contributed by atoms with Gasteiger partial charge in [0.1, 0.15) is 11.6 Å². The summed E-state index contributed by atoms with van der Waals surface area (Å²) in [7, 11) is 0. The summed E-state index contributed by atoms with van der Waals surface area (Å²) in [6.45, 7) is 8.34. The first-order valence-corrected chi connectivity index (χ1v) is 11.1. The number of hydrogen-bond acceptors (Lipinski definition) is 2. The highest BCUT2D eigenvalue weighted by Crippen LogP contribution is 2.41. The Labute approximate surface area is 179 Å². The molecular formula is C26H35F2NO. The quantitative estimate of drug-likeness (QED) is 0.563. The Morgan fingerprint density at radius 3 is 2.20 bits per heavy atom. The number of benzene rings is 2. The minimum Gasteiger partial charge on any atom is -0.393 e. The molecule has 4 heteroatoms. The summed E-state index contributed by atoms with van der Waals surface area (Å²) >= 11 is 0. The topological polar surface area (TPSA) is 32.3 Å². The van der Waals surface area contributed by atoms with Crippen LogP contribution < -0.4 is 5.32 Å². The first kappa shape index (κ1) is 22.9. The van der Waals surface area contributed by atoms with Gasteiger partial charge in [0.05, 0.1) is 6.10 Å². The van der Waals surface area contributed by atoms with Gasteiger partial charge in [-0.15, -0.1) is 0 Å².